The highest BCUT2D eigenvalue weighted by atomic mass is 16.5. The highest BCUT2D eigenvalue weighted by molar-refractivity contribution is 5.89. The van der Waals surface area contributed by atoms with Gasteiger partial charge in [0.15, 0.2) is 0 Å². The number of carbonyl (C=O) groups is 1. The van der Waals surface area contributed by atoms with Gasteiger partial charge in [-0.05, 0) is 68.8 Å². The van der Waals surface area contributed by atoms with E-state index in [1.54, 1.807) is 7.11 Å². The zero-order chi connectivity index (χ0) is 25.3. The summed E-state index contributed by atoms with van der Waals surface area (Å²) < 4.78 is 7.74. The van der Waals surface area contributed by atoms with Gasteiger partial charge in [0.05, 0.1) is 25.3 Å². The number of likely N-dealkylation sites (tertiary alicyclic amines) is 1. The largest absolute Gasteiger partial charge is 0.497 e. The molecular formula is C29H44N4O3. The molecular weight excluding hydrogens is 452 g/mol. The predicted octanol–water partition coefficient (Wildman–Crippen LogP) is 4.57. The highest BCUT2D eigenvalue weighted by Crippen LogP contribution is 2.50. The first-order valence-electron chi connectivity index (χ1n) is 14.1. The van der Waals surface area contributed by atoms with Crippen LogP contribution in [0.2, 0.25) is 0 Å². The van der Waals surface area contributed by atoms with Gasteiger partial charge >= 0.3 is 6.03 Å². The van der Waals surface area contributed by atoms with Gasteiger partial charge in [-0.25, -0.2) is 4.79 Å². The highest BCUT2D eigenvalue weighted by Gasteiger charge is 2.49. The summed E-state index contributed by atoms with van der Waals surface area (Å²) in [5.41, 5.74) is 3.43. The van der Waals surface area contributed by atoms with Gasteiger partial charge in [-0.15, -0.1) is 0 Å². The standard InChI is InChI=1S/C29H44N4O3/c1-4-14-30-28(35)33-20-29(12-15-32(16-13-29)18-21-8-6-5-7-9-21)26-23-11-10-22(36-3)17-24(23)31(2)27(26)25(33)19-34/h10-11,17,21,25,34H,4-9,12-16,18-20H2,1-3H3,(H,30,35)/t25-/m1/s1. The van der Waals surface area contributed by atoms with Crippen LogP contribution in [0.1, 0.15) is 75.6 Å². The van der Waals surface area contributed by atoms with Gasteiger partial charge in [0.25, 0.3) is 0 Å². The molecule has 3 heterocycles. The van der Waals surface area contributed by atoms with E-state index in [0.717, 1.165) is 55.2 Å². The van der Waals surface area contributed by atoms with Crippen LogP contribution in [0.4, 0.5) is 4.79 Å². The maximum absolute atomic E-state index is 13.4. The lowest BCUT2D eigenvalue weighted by Gasteiger charge is -2.50. The van der Waals surface area contributed by atoms with Crippen LogP contribution in [0.25, 0.3) is 10.9 Å². The molecule has 0 radical (unpaired) electrons. The number of benzene rings is 1. The van der Waals surface area contributed by atoms with E-state index in [1.807, 2.05) is 11.0 Å². The van der Waals surface area contributed by atoms with E-state index >= 15 is 0 Å². The molecule has 36 heavy (non-hydrogen) atoms. The Bertz CT molecular complexity index is 1070. The summed E-state index contributed by atoms with van der Waals surface area (Å²) in [6.45, 7) is 6.64. The average molecular weight is 497 g/mol. The van der Waals surface area contributed by atoms with Crippen LogP contribution < -0.4 is 10.1 Å². The third-order valence-electron chi connectivity index (χ3n) is 9.16. The average Bonchev–Trinajstić information content (AvgIpc) is 3.21. The number of hydrogen-bond acceptors (Lipinski definition) is 4. The van der Waals surface area contributed by atoms with Crippen LogP contribution in [-0.4, -0.2) is 71.9 Å². The zero-order valence-corrected chi connectivity index (χ0v) is 22.4. The Labute approximate surface area is 215 Å². The van der Waals surface area contributed by atoms with Crippen molar-refractivity contribution in [2.24, 2.45) is 13.0 Å². The number of nitrogens with one attached hydrogen (secondary N) is 1. The minimum atomic E-state index is -0.355. The molecule has 1 aromatic heterocycles. The molecule has 2 fully saturated rings. The molecule has 198 valence electrons. The lowest BCUT2D eigenvalue weighted by atomic mass is 9.68. The molecule has 1 aromatic carbocycles. The number of aliphatic hydroxyl groups is 1. The maximum Gasteiger partial charge on any atom is 0.318 e. The Morgan fingerprint density at radius 1 is 1.19 bits per heavy atom. The van der Waals surface area contributed by atoms with Crippen LogP contribution >= 0.6 is 0 Å². The van der Waals surface area contributed by atoms with Gasteiger partial charge in [-0.2, -0.15) is 0 Å². The van der Waals surface area contributed by atoms with E-state index < -0.39 is 0 Å². The first-order chi connectivity index (χ1) is 17.5. The number of hydrogen-bond donors (Lipinski definition) is 2. The first-order valence-corrected chi connectivity index (χ1v) is 14.1. The van der Waals surface area contributed by atoms with Crippen molar-refractivity contribution in [3.8, 4) is 5.75 Å². The summed E-state index contributed by atoms with van der Waals surface area (Å²) in [5.74, 6) is 1.67. The Balaban J connectivity index is 1.52. The summed E-state index contributed by atoms with van der Waals surface area (Å²) in [6.07, 6.45) is 9.88. The Morgan fingerprint density at radius 2 is 1.94 bits per heavy atom. The van der Waals surface area contributed by atoms with Crippen LogP contribution in [0.3, 0.4) is 0 Å². The van der Waals surface area contributed by atoms with Crippen molar-refractivity contribution < 1.29 is 14.6 Å². The van der Waals surface area contributed by atoms with E-state index in [4.69, 9.17) is 4.74 Å². The van der Waals surface area contributed by atoms with Crippen molar-refractivity contribution in [2.45, 2.75) is 69.7 Å². The third-order valence-corrected chi connectivity index (χ3v) is 9.16. The number of ether oxygens (including phenoxy) is 1. The Morgan fingerprint density at radius 3 is 2.61 bits per heavy atom. The molecule has 2 aromatic rings. The van der Waals surface area contributed by atoms with Gasteiger partial charge in [-0.1, -0.05) is 26.2 Å². The van der Waals surface area contributed by atoms with Crippen LogP contribution in [0, 0.1) is 5.92 Å². The molecule has 5 rings (SSSR count). The van der Waals surface area contributed by atoms with E-state index in [2.05, 4.69) is 40.9 Å². The van der Waals surface area contributed by atoms with Gasteiger partial charge in [0.1, 0.15) is 5.75 Å². The molecule has 2 aliphatic heterocycles. The van der Waals surface area contributed by atoms with Gasteiger partial charge in [0, 0.05) is 49.2 Å². The summed E-state index contributed by atoms with van der Waals surface area (Å²) in [6, 6.07) is 5.91. The topological polar surface area (TPSA) is 70.0 Å². The van der Waals surface area contributed by atoms with Crippen molar-refractivity contribution in [3.05, 3.63) is 29.5 Å². The van der Waals surface area contributed by atoms with E-state index in [1.165, 1.54) is 49.6 Å². The SMILES string of the molecule is CCCNC(=O)N1CC2(CCN(CC3CCCCC3)CC2)c2c(n(C)c3cc(OC)ccc23)[C@H]1CO. The van der Waals surface area contributed by atoms with Crippen LogP contribution in [0.15, 0.2) is 18.2 Å². The van der Waals surface area contributed by atoms with Gasteiger partial charge < -0.3 is 29.5 Å². The maximum atomic E-state index is 13.4. The van der Waals surface area contributed by atoms with Crippen molar-refractivity contribution in [1.29, 1.82) is 0 Å². The molecule has 1 aliphatic carbocycles. The van der Waals surface area contributed by atoms with Crippen molar-refractivity contribution in [2.75, 3.05) is 46.4 Å². The number of aryl methyl sites for hydroxylation is 1. The van der Waals surface area contributed by atoms with Crippen molar-refractivity contribution in [1.82, 2.24) is 19.7 Å². The quantitative estimate of drug-likeness (QED) is 0.615. The lowest BCUT2D eigenvalue weighted by molar-refractivity contribution is 0.0607. The number of nitrogens with zero attached hydrogens (tertiary/aromatic N) is 3. The molecule has 2 N–H and O–H groups in total. The summed E-state index contributed by atoms with van der Waals surface area (Å²) in [4.78, 5) is 18.0. The molecule has 2 amide bonds. The predicted molar refractivity (Wildman–Crippen MR) is 144 cm³/mol. The van der Waals surface area contributed by atoms with Crippen molar-refractivity contribution >= 4 is 16.9 Å². The number of amides is 2. The van der Waals surface area contributed by atoms with Gasteiger partial charge in [-0.3, -0.25) is 0 Å². The van der Waals surface area contributed by atoms with E-state index in [0.29, 0.717) is 13.1 Å². The monoisotopic (exact) mass is 496 g/mol. The molecule has 0 unspecified atom stereocenters. The number of piperidine rings is 1. The molecule has 1 saturated carbocycles. The second-order valence-corrected chi connectivity index (χ2v) is 11.3. The normalized spacial score (nSPS) is 22.7. The molecule has 0 bridgehead atoms. The number of fused-ring (bicyclic) bond motifs is 4. The number of methoxy groups -OCH3 is 1. The fourth-order valence-corrected chi connectivity index (χ4v) is 7.21. The summed E-state index contributed by atoms with van der Waals surface area (Å²) >= 11 is 0. The minimum absolute atomic E-state index is 0.0617. The first kappa shape index (κ1) is 25.4. The molecule has 1 spiro atoms. The smallest absolute Gasteiger partial charge is 0.318 e. The molecule has 7 nitrogen and oxygen atoms in total. The van der Waals surface area contributed by atoms with Gasteiger partial charge in [0.2, 0.25) is 0 Å². The second-order valence-electron chi connectivity index (χ2n) is 11.3. The number of aliphatic hydroxyl groups excluding tert-OH is 1. The van der Waals surface area contributed by atoms with E-state index in [9.17, 15) is 9.90 Å². The number of carbonyl (C=O) groups excluding carboxylic acids is 1. The molecule has 1 atom stereocenters. The number of urea groups is 1. The van der Waals surface area contributed by atoms with Crippen LogP contribution in [0.5, 0.6) is 5.75 Å². The summed E-state index contributed by atoms with van der Waals surface area (Å²) in [7, 11) is 3.77. The second kappa shape index (κ2) is 10.6. The third kappa shape index (κ3) is 4.49. The zero-order valence-electron chi connectivity index (χ0n) is 22.4. The van der Waals surface area contributed by atoms with Crippen LogP contribution in [-0.2, 0) is 12.5 Å². The molecule has 1 saturated heterocycles. The molecule has 7 heteroatoms. The minimum Gasteiger partial charge on any atom is -0.497 e. The fraction of sp³-hybridized carbons (Fsp3) is 0.690. The molecule has 3 aliphatic rings. The lowest BCUT2D eigenvalue weighted by Crippen LogP contribution is -2.57. The van der Waals surface area contributed by atoms with E-state index in [-0.39, 0.29) is 24.1 Å². The van der Waals surface area contributed by atoms with Crippen molar-refractivity contribution in [3.63, 3.8) is 0 Å². The summed E-state index contributed by atoms with van der Waals surface area (Å²) in [5, 5.41) is 14.9. The number of rotatable bonds is 6. The Hall–Kier alpha value is -2.25. The fourth-order valence-electron chi connectivity index (χ4n) is 7.21. The number of aromatic nitrogens is 1. The Kier molecular flexibility index (Phi) is 7.49.